The predicted molar refractivity (Wildman–Crippen MR) is 524 cm³/mol. The van der Waals surface area contributed by atoms with E-state index >= 15 is 0 Å². The van der Waals surface area contributed by atoms with Crippen molar-refractivity contribution in [2.75, 3.05) is 0 Å². The Hall–Kier alpha value is -14.2. The average Bonchev–Trinajstić information content (AvgIpc) is 1.59. The molecule has 1 aliphatic heterocycles. The van der Waals surface area contributed by atoms with E-state index in [9.17, 15) is 0 Å². The third-order valence-corrected chi connectivity index (χ3v) is 26.8. The van der Waals surface area contributed by atoms with E-state index in [1.54, 1.807) is 0 Å². The topological polar surface area (TPSA) is 33.2 Å². The monoisotopic (exact) mass is 1660 g/mol. The molecule has 0 spiro atoms. The van der Waals surface area contributed by atoms with E-state index in [1.807, 2.05) is 6.07 Å². The van der Waals surface area contributed by atoms with Gasteiger partial charge in [-0.25, -0.2) is 0 Å². The zero-order valence-corrected chi connectivity index (χ0v) is 71.2. The van der Waals surface area contributed by atoms with E-state index in [0.717, 1.165) is 35.9 Å². The van der Waals surface area contributed by atoms with Gasteiger partial charge in [0.25, 0.3) is 0 Å². The van der Waals surface area contributed by atoms with E-state index in [1.165, 1.54) is 198 Å². The van der Waals surface area contributed by atoms with Crippen molar-refractivity contribution in [2.24, 2.45) is 0 Å². The molecule has 1 saturated heterocycles. The van der Waals surface area contributed by atoms with Gasteiger partial charge in [-0.1, -0.05) is 350 Å². The Morgan fingerprint density at radius 1 is 0.218 bits per heavy atom. The second kappa shape index (κ2) is 31.4. The van der Waals surface area contributed by atoms with Crippen molar-refractivity contribution in [2.45, 2.75) is 58.2 Å². The number of benzene rings is 18. The van der Waals surface area contributed by atoms with Gasteiger partial charge in [-0.05, 0) is 260 Å². The minimum absolute atomic E-state index is 0.368. The Bertz CT molecular complexity index is 7380. The number of rotatable bonds is 9. The molecule has 21 aromatic rings. The molecular weight excluding hydrogens is 1570 g/mol. The van der Waals surface area contributed by atoms with Gasteiger partial charge in [0, 0.05) is 53.9 Å². The molecule has 4 aliphatic rings. The molecule has 0 N–H and O–H groups in total. The molecule has 592 valence electrons. The molecule has 0 unspecified atom stereocenters. The molecule has 0 radical (unpaired) electrons. The Kier molecular flexibility index (Phi) is 19.2. The second-order valence-corrected chi connectivity index (χ2v) is 35.1. The molecule has 18 aromatic carbocycles. The molecule has 0 bridgehead atoms. The summed E-state index contributed by atoms with van der Waals surface area (Å²) in [5, 5.41) is 7.60. The number of fused-ring (bicyclic) bond motifs is 18. The van der Waals surface area contributed by atoms with Gasteiger partial charge in [0.05, 0.1) is 44.3 Å². The summed E-state index contributed by atoms with van der Waals surface area (Å²) in [6, 6.07) is 152. The van der Waals surface area contributed by atoms with Gasteiger partial charge >= 0.3 is 7.12 Å². The van der Waals surface area contributed by atoms with E-state index in [4.69, 9.17) is 9.31 Å². The second-order valence-electron chi connectivity index (χ2n) is 34.2. The lowest BCUT2D eigenvalue weighted by molar-refractivity contribution is 0.00578. The highest BCUT2D eigenvalue weighted by atomic mass is 79.9. The first-order valence-corrected chi connectivity index (χ1v) is 43.9. The Morgan fingerprint density at radius 3 is 0.863 bits per heavy atom. The van der Waals surface area contributed by atoms with Crippen LogP contribution in [0.2, 0.25) is 0 Å². The highest BCUT2D eigenvalue weighted by Crippen LogP contribution is 2.46. The van der Waals surface area contributed by atoms with Gasteiger partial charge < -0.3 is 23.0 Å². The highest BCUT2D eigenvalue weighted by Gasteiger charge is 2.52. The third-order valence-electron chi connectivity index (χ3n) is 26.3. The maximum absolute atomic E-state index is 6.35. The minimum atomic E-state index is -0.388. The summed E-state index contributed by atoms with van der Waals surface area (Å²) in [6.45, 7) is 8.38. The summed E-state index contributed by atoms with van der Waals surface area (Å²) in [5.41, 5.74) is 40.4. The van der Waals surface area contributed by atoms with E-state index in [-0.39, 0.29) is 18.3 Å². The molecule has 1 fully saturated rings. The fourth-order valence-electron chi connectivity index (χ4n) is 19.3. The lowest BCUT2D eigenvalue weighted by Crippen LogP contribution is -2.41. The smallest absolute Gasteiger partial charge is 0.399 e. The highest BCUT2D eigenvalue weighted by molar-refractivity contribution is 9.10. The predicted octanol–water partition coefficient (Wildman–Crippen LogP) is 30.1. The van der Waals surface area contributed by atoms with E-state index in [0.29, 0.717) is 0 Å². The standard InChI is InChI=1S/2C37H25N.C30H28BNO2.C13H9Br/c2*1-2-8-25(9-3-1)26-14-18-31(19-15-26)38-36-13-7-6-12-34(36)35-21-17-28(24-37(35)38)27-16-20-33-30(22-27)23-29-10-4-5-11-32(29)33;1-29(2)30(3,4)34-31(33-29)23-16-19-26-25-12-8-9-13-27(25)32(28(26)20-23)24-17-14-22(15-18-24)21-10-6-5-7-11-21;14-11-5-6-13-10(8-11)7-9-3-1-2-4-12(9)13/h2*1-22,24H,23H2;5-20H,1-4H3;1-6,8H,7H2. The van der Waals surface area contributed by atoms with Crippen molar-refractivity contribution in [3.63, 3.8) is 0 Å². The van der Waals surface area contributed by atoms with Gasteiger partial charge in [-0.15, -0.1) is 0 Å². The molecular formula is C117H87BBrN3O2. The third kappa shape index (κ3) is 13.8. The molecule has 0 atom stereocenters. The van der Waals surface area contributed by atoms with Crippen molar-refractivity contribution in [3.05, 3.63) is 456 Å². The Labute approximate surface area is 732 Å². The lowest BCUT2D eigenvalue weighted by Gasteiger charge is -2.32. The molecule has 0 amide bonds. The first-order valence-electron chi connectivity index (χ1n) is 43.1. The summed E-state index contributed by atoms with van der Waals surface area (Å²) in [5.74, 6) is 0. The Balaban J connectivity index is 0.000000102. The van der Waals surface area contributed by atoms with Crippen molar-refractivity contribution < 1.29 is 9.31 Å². The van der Waals surface area contributed by atoms with Crippen LogP contribution in [0, 0.1) is 0 Å². The van der Waals surface area contributed by atoms with Crippen LogP contribution in [0.1, 0.15) is 61.1 Å². The fraction of sp³-hybridized carbons (Fsp3) is 0.0769. The number of halogens is 1. The molecule has 3 aromatic heterocycles. The van der Waals surface area contributed by atoms with Crippen LogP contribution < -0.4 is 5.46 Å². The number of aromatic nitrogens is 3. The molecule has 7 heteroatoms. The summed E-state index contributed by atoms with van der Waals surface area (Å²) >= 11 is 3.51. The van der Waals surface area contributed by atoms with E-state index < -0.39 is 0 Å². The van der Waals surface area contributed by atoms with Gasteiger partial charge in [-0.3, -0.25) is 0 Å². The average molecular weight is 1660 g/mol. The number of nitrogens with zero attached hydrogens (tertiary/aromatic N) is 3. The van der Waals surface area contributed by atoms with Crippen LogP contribution in [-0.2, 0) is 28.6 Å². The quantitative estimate of drug-likeness (QED) is 0.135. The number of hydrogen-bond acceptors (Lipinski definition) is 2. The lowest BCUT2D eigenvalue weighted by atomic mass is 9.79. The molecule has 3 aliphatic carbocycles. The largest absolute Gasteiger partial charge is 0.494 e. The normalized spacial score (nSPS) is 13.5. The van der Waals surface area contributed by atoms with E-state index in [2.05, 4.69) is 470 Å². The molecule has 4 heterocycles. The van der Waals surface area contributed by atoms with Crippen LogP contribution in [0.15, 0.2) is 423 Å². The maximum Gasteiger partial charge on any atom is 0.494 e. The summed E-state index contributed by atoms with van der Waals surface area (Å²) < 4.78 is 21.0. The summed E-state index contributed by atoms with van der Waals surface area (Å²) in [4.78, 5) is 0. The maximum atomic E-state index is 6.35. The van der Waals surface area contributed by atoms with Crippen LogP contribution >= 0.6 is 15.9 Å². The zero-order valence-electron chi connectivity index (χ0n) is 69.6. The Morgan fingerprint density at radius 2 is 0.484 bits per heavy atom. The zero-order chi connectivity index (χ0) is 83.2. The molecule has 5 nitrogen and oxygen atoms in total. The van der Waals surface area contributed by atoms with Crippen LogP contribution in [0.5, 0.6) is 0 Å². The van der Waals surface area contributed by atoms with Crippen molar-refractivity contribution in [1.29, 1.82) is 0 Å². The first kappa shape index (κ1) is 76.0. The van der Waals surface area contributed by atoms with Crippen molar-refractivity contribution in [3.8, 4) is 106 Å². The summed E-state index contributed by atoms with van der Waals surface area (Å²) in [6.07, 6.45) is 3.09. The van der Waals surface area contributed by atoms with Gasteiger partial charge in [0.1, 0.15) is 0 Å². The van der Waals surface area contributed by atoms with Crippen molar-refractivity contribution in [1.82, 2.24) is 13.7 Å². The first-order chi connectivity index (χ1) is 60.8. The van der Waals surface area contributed by atoms with Gasteiger partial charge in [0.2, 0.25) is 0 Å². The van der Waals surface area contributed by atoms with Crippen LogP contribution in [0.25, 0.3) is 171 Å². The molecule has 25 rings (SSSR count). The van der Waals surface area contributed by atoms with Crippen molar-refractivity contribution >= 4 is 93.9 Å². The number of para-hydroxylation sites is 3. The van der Waals surface area contributed by atoms with Gasteiger partial charge in [0.15, 0.2) is 0 Å². The fourth-order valence-corrected chi connectivity index (χ4v) is 19.7. The minimum Gasteiger partial charge on any atom is -0.399 e. The molecule has 124 heavy (non-hydrogen) atoms. The van der Waals surface area contributed by atoms with Crippen LogP contribution in [0.4, 0.5) is 0 Å². The number of hydrogen-bond donors (Lipinski definition) is 0. The SMILES string of the molecule is Brc1ccc2c(c1)Cc1ccccc1-2.CC1(C)OB(c2ccc3c4ccccc4n(-c4ccc(-c5ccccc5)cc4)c3c2)OC1(C)C.c1ccc(-c2ccc(-n3c4ccccc4c4ccc(-c5ccc6c(c5)Cc5ccccc5-6)cc43)cc2)cc1.c1ccc(-c2ccc(-n3c4ccccc4c4ccc(-c5ccc6c(c5)Cc5ccccc5-6)cc43)cc2)cc1. The van der Waals surface area contributed by atoms with Crippen LogP contribution in [-0.4, -0.2) is 32.0 Å². The van der Waals surface area contributed by atoms with Gasteiger partial charge in [-0.2, -0.15) is 0 Å². The molecule has 0 saturated carbocycles. The summed E-state index contributed by atoms with van der Waals surface area (Å²) in [7, 11) is -0.388. The van der Waals surface area contributed by atoms with Crippen LogP contribution in [0.3, 0.4) is 0 Å².